The number of benzene rings is 1. The molecule has 2 unspecified atom stereocenters. The van der Waals surface area contributed by atoms with Crippen molar-refractivity contribution in [3.8, 4) is 0 Å². The summed E-state index contributed by atoms with van der Waals surface area (Å²) in [6, 6.07) is 4.87. The van der Waals surface area contributed by atoms with Crippen molar-refractivity contribution in [2.24, 2.45) is 5.92 Å². The van der Waals surface area contributed by atoms with E-state index in [9.17, 15) is 10.1 Å². The summed E-state index contributed by atoms with van der Waals surface area (Å²) in [6.45, 7) is 4.62. The Morgan fingerprint density at radius 1 is 1.55 bits per heavy atom. The zero-order valence-corrected chi connectivity index (χ0v) is 13.1. The van der Waals surface area contributed by atoms with Crippen LogP contribution < -0.4 is 5.32 Å². The number of halogens is 1. The molecule has 1 N–H and O–H groups in total. The third-order valence-corrected chi connectivity index (χ3v) is 4.46. The fourth-order valence-corrected chi connectivity index (χ4v) is 3.07. The van der Waals surface area contributed by atoms with Gasteiger partial charge in [0, 0.05) is 36.3 Å². The summed E-state index contributed by atoms with van der Waals surface area (Å²) in [5.74, 6) is 0.567. The number of rotatable bonds is 6. The summed E-state index contributed by atoms with van der Waals surface area (Å²) in [5, 5.41) is 14.1. The largest absolute Gasteiger partial charge is 0.378 e. The Kier molecular flexibility index (Phi) is 5.51. The third kappa shape index (κ3) is 3.77. The first-order chi connectivity index (χ1) is 9.61. The van der Waals surface area contributed by atoms with E-state index in [0.717, 1.165) is 36.0 Å². The van der Waals surface area contributed by atoms with Crippen molar-refractivity contribution < 1.29 is 9.66 Å². The summed E-state index contributed by atoms with van der Waals surface area (Å²) in [6.07, 6.45) is 2.52. The van der Waals surface area contributed by atoms with Crippen molar-refractivity contribution in [2.45, 2.75) is 32.4 Å². The molecule has 1 saturated heterocycles. The maximum atomic E-state index is 10.7. The molecule has 2 rings (SSSR count). The molecule has 1 aromatic carbocycles. The Morgan fingerprint density at radius 3 is 3.00 bits per heavy atom. The van der Waals surface area contributed by atoms with Crippen LogP contribution >= 0.6 is 15.9 Å². The van der Waals surface area contributed by atoms with Crippen molar-refractivity contribution in [1.82, 2.24) is 5.32 Å². The molecule has 6 heteroatoms. The standard InChI is InChI=1S/C14H19BrN2O3/c1-2-14-11(5-6-20-14)9-16-8-10-3-4-12(17(18)19)7-13(10)15/h3-4,7,11,14,16H,2,5-6,8-9H2,1H3. The van der Waals surface area contributed by atoms with E-state index < -0.39 is 0 Å². The zero-order chi connectivity index (χ0) is 14.5. The monoisotopic (exact) mass is 342 g/mol. The Bertz CT molecular complexity index is 481. The molecule has 1 aromatic rings. The number of nitrogens with one attached hydrogen (secondary N) is 1. The predicted molar refractivity (Wildman–Crippen MR) is 80.6 cm³/mol. The van der Waals surface area contributed by atoms with Gasteiger partial charge in [-0.05, 0) is 30.4 Å². The first kappa shape index (κ1) is 15.4. The minimum Gasteiger partial charge on any atom is -0.378 e. The zero-order valence-electron chi connectivity index (χ0n) is 11.5. The summed E-state index contributed by atoms with van der Waals surface area (Å²) >= 11 is 3.39. The van der Waals surface area contributed by atoms with Crippen molar-refractivity contribution in [2.75, 3.05) is 13.2 Å². The van der Waals surface area contributed by atoms with Gasteiger partial charge in [-0.3, -0.25) is 10.1 Å². The second-order valence-electron chi connectivity index (χ2n) is 5.03. The van der Waals surface area contributed by atoms with Crippen LogP contribution in [0.3, 0.4) is 0 Å². The lowest BCUT2D eigenvalue weighted by molar-refractivity contribution is -0.384. The molecule has 0 radical (unpaired) electrons. The van der Waals surface area contributed by atoms with Crippen LogP contribution in [0.2, 0.25) is 0 Å². The average Bonchev–Trinajstić information content (AvgIpc) is 2.87. The fraction of sp³-hybridized carbons (Fsp3) is 0.571. The van der Waals surface area contributed by atoms with Crippen molar-refractivity contribution in [3.63, 3.8) is 0 Å². The average molecular weight is 343 g/mol. The molecule has 0 saturated carbocycles. The van der Waals surface area contributed by atoms with Crippen LogP contribution in [0.25, 0.3) is 0 Å². The van der Waals surface area contributed by atoms with Gasteiger partial charge >= 0.3 is 0 Å². The number of nitro benzene ring substituents is 1. The Hall–Kier alpha value is -0.980. The van der Waals surface area contributed by atoms with Gasteiger partial charge in [-0.15, -0.1) is 0 Å². The van der Waals surface area contributed by atoms with Gasteiger partial charge in [0.2, 0.25) is 0 Å². The van der Waals surface area contributed by atoms with E-state index in [-0.39, 0.29) is 10.6 Å². The van der Waals surface area contributed by atoms with Crippen LogP contribution in [0, 0.1) is 16.0 Å². The molecule has 1 aliphatic rings. The summed E-state index contributed by atoms with van der Waals surface area (Å²) in [7, 11) is 0. The van der Waals surface area contributed by atoms with Crippen LogP contribution in [0.5, 0.6) is 0 Å². The topological polar surface area (TPSA) is 64.4 Å². The van der Waals surface area contributed by atoms with Crippen LogP contribution in [-0.4, -0.2) is 24.2 Å². The van der Waals surface area contributed by atoms with Crippen LogP contribution in [0.1, 0.15) is 25.3 Å². The molecule has 0 bridgehead atoms. The Balaban J connectivity index is 1.86. The van der Waals surface area contributed by atoms with Gasteiger partial charge in [0.05, 0.1) is 11.0 Å². The highest BCUT2D eigenvalue weighted by molar-refractivity contribution is 9.10. The molecule has 0 aromatic heterocycles. The van der Waals surface area contributed by atoms with Gasteiger partial charge in [0.25, 0.3) is 5.69 Å². The maximum Gasteiger partial charge on any atom is 0.270 e. The normalized spacial score (nSPS) is 22.1. The van der Waals surface area contributed by atoms with Gasteiger partial charge in [0.15, 0.2) is 0 Å². The number of non-ortho nitro benzene ring substituents is 1. The predicted octanol–water partition coefficient (Wildman–Crippen LogP) is 3.26. The molecule has 20 heavy (non-hydrogen) atoms. The summed E-state index contributed by atoms with van der Waals surface area (Å²) in [5.41, 5.74) is 1.14. The second kappa shape index (κ2) is 7.15. The van der Waals surface area contributed by atoms with E-state index in [1.807, 2.05) is 0 Å². The van der Waals surface area contributed by atoms with Crippen molar-refractivity contribution in [3.05, 3.63) is 38.3 Å². The molecule has 1 aliphatic heterocycles. The van der Waals surface area contributed by atoms with Crippen molar-refractivity contribution in [1.29, 1.82) is 0 Å². The van der Waals surface area contributed by atoms with Gasteiger partial charge in [-0.1, -0.05) is 22.9 Å². The molecule has 0 spiro atoms. The molecule has 0 amide bonds. The fourth-order valence-electron chi connectivity index (χ4n) is 2.56. The quantitative estimate of drug-likeness (QED) is 0.636. The summed E-state index contributed by atoms with van der Waals surface area (Å²) < 4.78 is 6.43. The van der Waals surface area contributed by atoms with Gasteiger partial charge in [0.1, 0.15) is 0 Å². The highest BCUT2D eigenvalue weighted by atomic mass is 79.9. The molecule has 5 nitrogen and oxygen atoms in total. The first-order valence-electron chi connectivity index (χ1n) is 6.87. The van der Waals surface area contributed by atoms with Crippen LogP contribution in [0.15, 0.2) is 22.7 Å². The third-order valence-electron chi connectivity index (χ3n) is 3.72. The van der Waals surface area contributed by atoms with Gasteiger partial charge in [-0.2, -0.15) is 0 Å². The highest BCUT2D eigenvalue weighted by Gasteiger charge is 2.26. The van der Waals surface area contributed by atoms with Gasteiger partial charge in [-0.25, -0.2) is 0 Å². The highest BCUT2D eigenvalue weighted by Crippen LogP contribution is 2.24. The lowest BCUT2D eigenvalue weighted by Gasteiger charge is -2.17. The van der Waals surface area contributed by atoms with E-state index in [1.54, 1.807) is 12.1 Å². The van der Waals surface area contributed by atoms with Crippen molar-refractivity contribution >= 4 is 21.6 Å². The SMILES string of the molecule is CCC1OCCC1CNCc1ccc([N+](=O)[O-])cc1Br. The molecular formula is C14H19BrN2O3. The lowest BCUT2D eigenvalue weighted by atomic mass is 9.99. The number of nitro groups is 1. The van der Waals surface area contributed by atoms with Crippen LogP contribution in [-0.2, 0) is 11.3 Å². The van der Waals surface area contributed by atoms with Crippen LogP contribution in [0.4, 0.5) is 5.69 Å². The van der Waals surface area contributed by atoms with E-state index in [4.69, 9.17) is 4.74 Å². The maximum absolute atomic E-state index is 10.7. The smallest absolute Gasteiger partial charge is 0.270 e. The minimum atomic E-state index is -0.385. The molecule has 1 heterocycles. The van der Waals surface area contributed by atoms with E-state index in [0.29, 0.717) is 18.6 Å². The number of ether oxygens (including phenoxy) is 1. The first-order valence-corrected chi connectivity index (χ1v) is 7.66. The number of nitrogens with zero attached hydrogens (tertiary/aromatic N) is 1. The van der Waals surface area contributed by atoms with E-state index in [1.165, 1.54) is 6.07 Å². The lowest BCUT2D eigenvalue weighted by Crippen LogP contribution is -2.28. The molecule has 1 fully saturated rings. The number of hydrogen-bond acceptors (Lipinski definition) is 4. The molecule has 2 atom stereocenters. The Morgan fingerprint density at radius 2 is 2.35 bits per heavy atom. The molecule has 110 valence electrons. The minimum absolute atomic E-state index is 0.107. The van der Waals surface area contributed by atoms with E-state index in [2.05, 4.69) is 28.2 Å². The number of hydrogen-bond donors (Lipinski definition) is 1. The van der Waals surface area contributed by atoms with Gasteiger partial charge < -0.3 is 10.1 Å². The van der Waals surface area contributed by atoms with E-state index >= 15 is 0 Å². The second-order valence-corrected chi connectivity index (χ2v) is 5.88. The summed E-state index contributed by atoms with van der Waals surface area (Å²) in [4.78, 5) is 10.3. The molecule has 0 aliphatic carbocycles. The Labute approximate surface area is 127 Å². The molecular weight excluding hydrogens is 324 g/mol.